The molecule has 0 unspecified atom stereocenters. The van der Waals surface area contributed by atoms with Crippen LogP contribution in [0.3, 0.4) is 0 Å². The number of aliphatic imine (C=N–C) groups is 1. The first-order chi connectivity index (χ1) is 15.7. The Bertz CT molecular complexity index is 1230. The number of rotatable bonds is 3. The van der Waals surface area contributed by atoms with Gasteiger partial charge in [-0.3, -0.25) is 9.79 Å². The van der Waals surface area contributed by atoms with Crippen molar-refractivity contribution in [2.75, 3.05) is 32.0 Å². The molecular formula is C24H26N6OS. The first-order valence-corrected chi connectivity index (χ1v) is 12.1. The summed E-state index contributed by atoms with van der Waals surface area (Å²) in [5, 5.41) is 4.62. The van der Waals surface area contributed by atoms with Crippen LogP contribution in [0.2, 0.25) is 0 Å². The van der Waals surface area contributed by atoms with Crippen molar-refractivity contribution in [3.05, 3.63) is 46.1 Å². The average molecular weight is 447 g/mol. The number of aromatic nitrogens is 2. The Kier molecular flexibility index (Phi) is 4.91. The van der Waals surface area contributed by atoms with Gasteiger partial charge in [0.1, 0.15) is 17.0 Å². The van der Waals surface area contributed by atoms with Gasteiger partial charge in [-0.25, -0.2) is 9.97 Å². The lowest BCUT2D eigenvalue weighted by Gasteiger charge is -2.34. The van der Waals surface area contributed by atoms with E-state index in [2.05, 4.69) is 55.3 Å². The molecule has 32 heavy (non-hydrogen) atoms. The van der Waals surface area contributed by atoms with Gasteiger partial charge in [0.05, 0.1) is 18.5 Å². The molecule has 5 heterocycles. The summed E-state index contributed by atoms with van der Waals surface area (Å²) in [6, 6.07) is 6.33. The summed E-state index contributed by atoms with van der Waals surface area (Å²) in [6.07, 6.45) is 6.35. The number of likely N-dealkylation sites (tertiary alicyclic amines) is 1. The summed E-state index contributed by atoms with van der Waals surface area (Å²) in [5.41, 5.74) is 4.72. The van der Waals surface area contributed by atoms with Crippen LogP contribution in [0.15, 0.2) is 29.5 Å². The maximum Gasteiger partial charge on any atom is 0.226 e. The number of nitrogens with one attached hydrogen (secondary N) is 1. The zero-order chi connectivity index (χ0) is 21.7. The number of nitrogens with zero attached hydrogens (tertiary/aromatic N) is 5. The van der Waals surface area contributed by atoms with E-state index in [9.17, 15) is 4.79 Å². The van der Waals surface area contributed by atoms with Crippen molar-refractivity contribution in [3.8, 4) is 0 Å². The van der Waals surface area contributed by atoms with Crippen LogP contribution in [0.1, 0.15) is 34.4 Å². The molecule has 1 aromatic carbocycles. The molecule has 0 saturated carbocycles. The number of hydrogen-bond donors (Lipinski definition) is 1. The summed E-state index contributed by atoms with van der Waals surface area (Å²) in [6.45, 7) is 4.25. The fourth-order valence-corrected chi connectivity index (χ4v) is 6.24. The van der Waals surface area contributed by atoms with E-state index in [1.54, 1.807) is 17.7 Å². The number of benzene rings is 1. The number of hydrogen-bond acceptors (Lipinski definition) is 7. The number of piperidine rings is 1. The number of anilines is 2. The molecule has 8 heteroatoms. The lowest BCUT2D eigenvalue weighted by Crippen LogP contribution is -2.43. The van der Waals surface area contributed by atoms with E-state index < -0.39 is 0 Å². The predicted molar refractivity (Wildman–Crippen MR) is 128 cm³/mol. The molecule has 3 aliphatic heterocycles. The van der Waals surface area contributed by atoms with E-state index in [-0.39, 0.29) is 5.92 Å². The Labute approximate surface area is 191 Å². The third-order valence-electron chi connectivity index (χ3n) is 6.92. The fourth-order valence-electron chi connectivity index (χ4n) is 5.04. The van der Waals surface area contributed by atoms with Gasteiger partial charge >= 0.3 is 0 Å². The van der Waals surface area contributed by atoms with Crippen molar-refractivity contribution in [2.24, 2.45) is 10.9 Å². The molecular weight excluding hydrogens is 420 g/mol. The van der Waals surface area contributed by atoms with E-state index in [0.29, 0.717) is 12.5 Å². The van der Waals surface area contributed by atoms with Gasteiger partial charge in [-0.15, -0.1) is 11.3 Å². The molecule has 0 spiro atoms. The highest BCUT2D eigenvalue weighted by Crippen LogP contribution is 2.38. The van der Waals surface area contributed by atoms with Gasteiger partial charge in [0, 0.05) is 29.2 Å². The van der Waals surface area contributed by atoms with E-state index >= 15 is 0 Å². The van der Waals surface area contributed by atoms with Crippen LogP contribution in [0.4, 0.5) is 11.5 Å². The second-order valence-electron chi connectivity index (χ2n) is 9.00. The van der Waals surface area contributed by atoms with Crippen molar-refractivity contribution in [2.45, 2.75) is 32.4 Å². The average Bonchev–Trinajstić information content (AvgIpc) is 3.43. The van der Waals surface area contributed by atoms with Crippen molar-refractivity contribution in [1.29, 1.82) is 0 Å². The molecule has 0 radical (unpaired) electrons. The van der Waals surface area contributed by atoms with Gasteiger partial charge in [-0.05, 0) is 68.2 Å². The number of amides is 1. The van der Waals surface area contributed by atoms with E-state index in [1.165, 1.54) is 16.0 Å². The van der Waals surface area contributed by atoms with E-state index in [0.717, 1.165) is 72.7 Å². The molecule has 6 rings (SSSR count). The van der Waals surface area contributed by atoms with Crippen LogP contribution in [0.5, 0.6) is 0 Å². The number of carbonyl (C=O) groups is 1. The lowest BCUT2D eigenvalue weighted by molar-refractivity contribution is -0.137. The van der Waals surface area contributed by atoms with Gasteiger partial charge < -0.3 is 15.1 Å². The normalized spacial score (nSPS) is 18.7. The molecule has 1 N–H and O–H groups in total. The summed E-state index contributed by atoms with van der Waals surface area (Å²) in [5.74, 6) is 1.34. The van der Waals surface area contributed by atoms with Crippen molar-refractivity contribution in [3.63, 3.8) is 0 Å². The number of thiophene rings is 1. The number of fused-ring (bicyclic) bond motifs is 4. The molecule has 2 aromatic heterocycles. The van der Waals surface area contributed by atoms with Gasteiger partial charge in [-0.1, -0.05) is 6.07 Å². The maximum absolute atomic E-state index is 13.1. The van der Waals surface area contributed by atoms with Gasteiger partial charge in [0.15, 0.2) is 0 Å². The monoisotopic (exact) mass is 446 g/mol. The third kappa shape index (κ3) is 3.47. The van der Waals surface area contributed by atoms with E-state index in [1.807, 2.05) is 6.21 Å². The minimum Gasteiger partial charge on any atom is -0.340 e. The minimum absolute atomic E-state index is 0.169. The quantitative estimate of drug-likeness (QED) is 0.666. The summed E-state index contributed by atoms with van der Waals surface area (Å²) in [4.78, 5) is 33.2. The highest BCUT2D eigenvalue weighted by molar-refractivity contribution is 7.19. The molecule has 3 aromatic rings. The van der Waals surface area contributed by atoms with Crippen molar-refractivity contribution < 1.29 is 4.79 Å². The second kappa shape index (κ2) is 7.94. The lowest BCUT2D eigenvalue weighted by atomic mass is 9.94. The number of carbonyl (C=O) groups excluding carboxylic acids is 1. The topological polar surface area (TPSA) is 73.7 Å². The van der Waals surface area contributed by atoms with Crippen LogP contribution < -0.4 is 5.32 Å². The zero-order valence-electron chi connectivity index (χ0n) is 18.2. The van der Waals surface area contributed by atoms with Crippen molar-refractivity contribution >= 4 is 45.2 Å². The van der Waals surface area contributed by atoms with Gasteiger partial charge in [0.25, 0.3) is 0 Å². The highest BCUT2D eigenvalue weighted by Gasteiger charge is 2.31. The summed E-state index contributed by atoms with van der Waals surface area (Å²) in [7, 11) is 2.13. The molecule has 0 aliphatic carbocycles. The fraction of sp³-hybridized carbons (Fsp3) is 0.417. The smallest absolute Gasteiger partial charge is 0.226 e. The molecule has 7 nitrogen and oxygen atoms in total. The predicted octanol–water partition coefficient (Wildman–Crippen LogP) is 3.59. The standard InChI is InChI=1S/C24H26N6OS/c1-29-7-4-15(5-8-29)24(31)30-9-6-19-20(13-30)32-23-21(19)22(26-14-27-23)28-18-3-2-16-11-25-12-17(16)10-18/h2-3,10,12,14-15H,4-9,11,13H2,1H3,(H,26,27,28). The Morgan fingerprint density at radius 1 is 1.19 bits per heavy atom. The molecule has 1 saturated heterocycles. The SMILES string of the molecule is CN1CCC(C(=O)N2CCc3c(sc4ncnc(Nc5ccc6c(c5)C=NC6)c34)C2)CC1. The third-order valence-corrected chi connectivity index (χ3v) is 8.04. The van der Waals surface area contributed by atoms with E-state index in [4.69, 9.17) is 0 Å². The maximum atomic E-state index is 13.1. The minimum atomic E-state index is 0.169. The second-order valence-corrected chi connectivity index (χ2v) is 10.1. The molecule has 164 valence electrons. The van der Waals surface area contributed by atoms with Crippen LogP contribution in [-0.4, -0.2) is 58.6 Å². The summed E-state index contributed by atoms with van der Waals surface area (Å²) >= 11 is 1.70. The Morgan fingerprint density at radius 3 is 2.94 bits per heavy atom. The van der Waals surface area contributed by atoms with Gasteiger partial charge in [0.2, 0.25) is 5.91 Å². The summed E-state index contributed by atoms with van der Waals surface area (Å²) < 4.78 is 0. The Balaban J connectivity index is 1.26. The van der Waals surface area contributed by atoms with Crippen LogP contribution in [-0.2, 0) is 24.3 Å². The molecule has 0 bridgehead atoms. The van der Waals surface area contributed by atoms with Crippen LogP contribution >= 0.6 is 11.3 Å². The Morgan fingerprint density at radius 2 is 2.06 bits per heavy atom. The van der Waals surface area contributed by atoms with Crippen LogP contribution in [0, 0.1) is 5.92 Å². The molecule has 1 amide bonds. The van der Waals surface area contributed by atoms with Crippen molar-refractivity contribution in [1.82, 2.24) is 19.8 Å². The van der Waals surface area contributed by atoms with Gasteiger partial charge in [-0.2, -0.15) is 0 Å². The highest BCUT2D eigenvalue weighted by atomic mass is 32.1. The first-order valence-electron chi connectivity index (χ1n) is 11.3. The molecule has 1 fully saturated rings. The zero-order valence-corrected chi connectivity index (χ0v) is 19.0. The first kappa shape index (κ1) is 19.8. The molecule has 3 aliphatic rings. The Hall–Kier alpha value is -2.84. The van der Waals surface area contributed by atoms with Crippen LogP contribution in [0.25, 0.3) is 10.2 Å². The largest absolute Gasteiger partial charge is 0.340 e. The molecule has 0 atom stereocenters.